The number of alkyl halides is 5. The first-order chi connectivity index (χ1) is 18.8. The first-order valence-corrected chi connectivity index (χ1v) is 12.7. The molecular weight excluding hydrogens is 557 g/mol. The molecule has 4 aromatic rings. The summed E-state index contributed by atoms with van der Waals surface area (Å²) in [6.45, 7) is 1.52. The maximum absolute atomic E-state index is 14.8. The number of hydrogen-bond donors (Lipinski definition) is 1. The Kier molecular flexibility index (Phi) is 8.33. The summed E-state index contributed by atoms with van der Waals surface area (Å²) in [7, 11) is 0. The number of carboxylic acid groups (broad SMARTS) is 1. The van der Waals surface area contributed by atoms with Crippen LogP contribution in [0.3, 0.4) is 0 Å². The second kappa shape index (κ2) is 11.5. The number of piperidine rings is 1. The smallest absolute Gasteiger partial charge is 0.475 e. The highest BCUT2D eigenvalue weighted by atomic mass is 32.1. The number of aliphatic carboxylic acids is 1. The van der Waals surface area contributed by atoms with Crippen LogP contribution in [-0.2, 0) is 4.79 Å². The molecule has 40 heavy (non-hydrogen) atoms. The predicted molar refractivity (Wildman–Crippen MR) is 138 cm³/mol. The van der Waals surface area contributed by atoms with Crippen LogP contribution in [0.25, 0.3) is 21.3 Å². The van der Waals surface area contributed by atoms with Crippen LogP contribution in [0.1, 0.15) is 21.9 Å². The van der Waals surface area contributed by atoms with Gasteiger partial charge in [0.25, 0.3) is 11.8 Å². The van der Waals surface area contributed by atoms with Gasteiger partial charge in [0.1, 0.15) is 5.69 Å². The molecule has 1 N–H and O–H groups in total. The number of amides is 1. The molecule has 1 saturated heterocycles. The SMILES string of the molecule is Cc1nc(C(=O)N2CCC(F)(F)C(Oc3ccc4ccccc4n3)C2)c(-c2ccccc2)s1.O=C(O)C(F)(F)F. The van der Waals surface area contributed by atoms with E-state index in [1.54, 1.807) is 18.2 Å². The average Bonchev–Trinajstić information content (AvgIpc) is 3.31. The lowest BCUT2D eigenvalue weighted by Gasteiger charge is -2.37. The number of aryl methyl sites for hydroxylation is 1. The molecular formula is C27H22F5N3O4S. The number of halogens is 5. The summed E-state index contributed by atoms with van der Waals surface area (Å²) < 4.78 is 66.9. The van der Waals surface area contributed by atoms with Crippen molar-refractivity contribution in [3.63, 3.8) is 0 Å². The van der Waals surface area contributed by atoms with Gasteiger partial charge in [-0.15, -0.1) is 11.3 Å². The van der Waals surface area contributed by atoms with Gasteiger partial charge in [0.2, 0.25) is 5.88 Å². The quantitative estimate of drug-likeness (QED) is 0.288. The normalized spacial score (nSPS) is 16.6. The van der Waals surface area contributed by atoms with Gasteiger partial charge < -0.3 is 14.7 Å². The third kappa shape index (κ3) is 6.71. The van der Waals surface area contributed by atoms with Crippen molar-refractivity contribution in [2.75, 3.05) is 13.1 Å². The number of aromatic nitrogens is 2. The number of carbonyl (C=O) groups is 2. The van der Waals surface area contributed by atoms with Crippen LogP contribution in [0, 0.1) is 6.92 Å². The number of nitrogens with zero attached hydrogens (tertiary/aromatic N) is 3. The summed E-state index contributed by atoms with van der Waals surface area (Å²) in [6.07, 6.45) is -7.07. The van der Waals surface area contributed by atoms with Gasteiger partial charge in [0, 0.05) is 24.4 Å². The van der Waals surface area contributed by atoms with Crippen molar-refractivity contribution in [2.45, 2.75) is 31.5 Å². The molecule has 5 rings (SSSR count). The number of hydrogen-bond acceptors (Lipinski definition) is 6. The molecule has 1 fully saturated rings. The van der Waals surface area contributed by atoms with Crippen molar-refractivity contribution in [1.29, 1.82) is 0 Å². The van der Waals surface area contributed by atoms with Gasteiger partial charge in [0.05, 0.1) is 21.9 Å². The molecule has 2 aromatic carbocycles. The highest BCUT2D eigenvalue weighted by Crippen LogP contribution is 2.35. The Morgan fingerprint density at radius 2 is 1.68 bits per heavy atom. The highest BCUT2D eigenvalue weighted by Gasteiger charge is 2.48. The van der Waals surface area contributed by atoms with Crippen molar-refractivity contribution >= 4 is 34.1 Å². The highest BCUT2D eigenvalue weighted by molar-refractivity contribution is 7.15. The van der Waals surface area contributed by atoms with Crippen molar-refractivity contribution in [2.24, 2.45) is 0 Å². The minimum absolute atomic E-state index is 0.0678. The molecule has 1 unspecified atom stereocenters. The predicted octanol–water partition coefficient (Wildman–Crippen LogP) is 6.23. The monoisotopic (exact) mass is 579 g/mol. The minimum Gasteiger partial charge on any atom is -0.475 e. The zero-order valence-electron chi connectivity index (χ0n) is 20.9. The Hall–Kier alpha value is -4.13. The van der Waals surface area contributed by atoms with Crippen LogP contribution in [0.4, 0.5) is 22.0 Å². The van der Waals surface area contributed by atoms with E-state index in [1.165, 1.54) is 16.2 Å². The maximum Gasteiger partial charge on any atom is 0.490 e. The van der Waals surface area contributed by atoms with Gasteiger partial charge in [-0.2, -0.15) is 13.2 Å². The summed E-state index contributed by atoms with van der Waals surface area (Å²) in [6, 6.07) is 20.3. The first kappa shape index (κ1) is 28.9. The van der Waals surface area contributed by atoms with Crippen LogP contribution in [0.15, 0.2) is 66.7 Å². The molecule has 0 radical (unpaired) electrons. The van der Waals surface area contributed by atoms with Gasteiger partial charge in [0.15, 0.2) is 6.10 Å². The fraction of sp³-hybridized carbons (Fsp3) is 0.259. The summed E-state index contributed by atoms with van der Waals surface area (Å²) in [5, 5.41) is 8.76. The van der Waals surface area contributed by atoms with Crippen molar-refractivity contribution < 1.29 is 41.4 Å². The number of pyridine rings is 1. The average molecular weight is 580 g/mol. The molecule has 7 nitrogen and oxygen atoms in total. The van der Waals surface area contributed by atoms with Gasteiger partial charge in [-0.05, 0) is 24.6 Å². The van der Waals surface area contributed by atoms with Crippen LogP contribution in [-0.4, -0.2) is 63.1 Å². The van der Waals surface area contributed by atoms with Gasteiger partial charge in [-0.1, -0.05) is 48.5 Å². The van der Waals surface area contributed by atoms with Gasteiger partial charge in [-0.3, -0.25) is 4.79 Å². The molecule has 13 heteroatoms. The number of ether oxygens (including phenoxy) is 1. The summed E-state index contributed by atoms with van der Waals surface area (Å²) >= 11 is 1.42. The Morgan fingerprint density at radius 1 is 1.02 bits per heavy atom. The Morgan fingerprint density at radius 3 is 2.35 bits per heavy atom. The summed E-state index contributed by atoms with van der Waals surface area (Å²) in [5.41, 5.74) is 1.82. The molecule has 1 aliphatic heterocycles. The Labute approximate surface area is 228 Å². The van der Waals surface area contributed by atoms with Crippen molar-refractivity contribution in [3.8, 4) is 16.3 Å². The van der Waals surface area contributed by atoms with E-state index >= 15 is 0 Å². The molecule has 0 bridgehead atoms. The number of rotatable bonds is 4. The number of thiazole rings is 1. The van der Waals surface area contributed by atoms with Crippen molar-refractivity contribution in [1.82, 2.24) is 14.9 Å². The molecule has 0 aliphatic carbocycles. The van der Waals surface area contributed by atoms with E-state index in [0.29, 0.717) is 5.52 Å². The second-order valence-corrected chi connectivity index (χ2v) is 9.99. The maximum atomic E-state index is 14.8. The molecule has 210 valence electrons. The zero-order valence-corrected chi connectivity index (χ0v) is 21.7. The van der Waals surface area contributed by atoms with E-state index in [1.807, 2.05) is 55.5 Å². The Balaban J connectivity index is 0.000000470. The second-order valence-electron chi connectivity index (χ2n) is 8.79. The Bertz CT molecular complexity index is 1510. The third-order valence-electron chi connectivity index (χ3n) is 5.91. The fourth-order valence-corrected chi connectivity index (χ4v) is 4.86. The standard InChI is InChI=1S/C25H21F2N3O2S.C2HF3O2/c1-16-28-22(23(33-16)18-8-3-2-4-9-18)24(31)30-14-13-25(26,27)20(15-30)32-21-12-11-17-7-5-6-10-19(17)29-21;3-2(4,5)1(6)7/h2-12,20H,13-15H2,1H3;(H,6,7). The zero-order chi connectivity index (χ0) is 29.1. The van der Waals surface area contributed by atoms with Crippen LogP contribution < -0.4 is 4.74 Å². The number of carbonyl (C=O) groups excluding carboxylic acids is 1. The van der Waals surface area contributed by atoms with Crippen molar-refractivity contribution in [3.05, 3.63) is 77.4 Å². The molecule has 1 aliphatic rings. The van der Waals surface area contributed by atoms with Crippen LogP contribution in [0.2, 0.25) is 0 Å². The molecule has 3 heterocycles. The summed E-state index contributed by atoms with van der Waals surface area (Å²) in [4.78, 5) is 33.2. The lowest BCUT2D eigenvalue weighted by molar-refractivity contribution is -0.192. The number of benzene rings is 2. The number of fused-ring (bicyclic) bond motifs is 1. The lowest BCUT2D eigenvalue weighted by Crippen LogP contribution is -2.55. The van der Waals surface area contributed by atoms with E-state index in [9.17, 15) is 26.7 Å². The molecule has 0 saturated carbocycles. The molecule has 1 amide bonds. The van der Waals surface area contributed by atoms with Crippen LogP contribution >= 0.6 is 11.3 Å². The first-order valence-electron chi connectivity index (χ1n) is 11.9. The third-order valence-corrected chi connectivity index (χ3v) is 6.93. The minimum atomic E-state index is -5.08. The van der Waals surface area contributed by atoms with E-state index in [2.05, 4.69) is 9.97 Å². The van der Waals surface area contributed by atoms with E-state index in [0.717, 1.165) is 20.8 Å². The molecule has 2 aromatic heterocycles. The largest absolute Gasteiger partial charge is 0.490 e. The van der Waals surface area contributed by atoms with Gasteiger partial charge in [-0.25, -0.2) is 23.5 Å². The van der Waals surface area contributed by atoms with E-state index < -0.39 is 30.6 Å². The van der Waals surface area contributed by atoms with Gasteiger partial charge >= 0.3 is 12.1 Å². The lowest BCUT2D eigenvalue weighted by atomic mass is 10.0. The molecule has 1 atom stereocenters. The topological polar surface area (TPSA) is 92.6 Å². The molecule has 0 spiro atoms. The van der Waals surface area contributed by atoms with Crippen LogP contribution in [0.5, 0.6) is 5.88 Å². The number of para-hydroxylation sites is 1. The van der Waals surface area contributed by atoms with E-state index in [4.69, 9.17) is 14.6 Å². The number of likely N-dealkylation sites (tertiary alicyclic amines) is 1. The number of carboxylic acids is 1. The summed E-state index contributed by atoms with van der Waals surface area (Å²) in [5.74, 6) is -6.09. The fourth-order valence-electron chi connectivity index (χ4n) is 3.94. The van der Waals surface area contributed by atoms with E-state index in [-0.39, 0.29) is 30.6 Å².